The van der Waals surface area contributed by atoms with Crippen LogP contribution in [-0.4, -0.2) is 35.8 Å². The van der Waals surface area contributed by atoms with Gasteiger partial charge in [0, 0.05) is 29.0 Å². The molecule has 2 rings (SSSR count). The van der Waals surface area contributed by atoms with Gasteiger partial charge in [0.15, 0.2) is 0 Å². The fourth-order valence-corrected chi connectivity index (χ4v) is 3.52. The van der Waals surface area contributed by atoms with Gasteiger partial charge < -0.3 is 9.47 Å². The van der Waals surface area contributed by atoms with Crippen LogP contribution in [0.4, 0.5) is 5.69 Å². The second-order valence-electron chi connectivity index (χ2n) is 8.54. The summed E-state index contributed by atoms with van der Waals surface area (Å²) in [5, 5.41) is 11.7. The van der Waals surface area contributed by atoms with E-state index in [-0.39, 0.29) is 41.9 Å². The first-order valence-electron chi connectivity index (χ1n) is 10.4. The van der Waals surface area contributed by atoms with E-state index in [1.165, 1.54) is 6.07 Å². The molecule has 0 amide bonds. The van der Waals surface area contributed by atoms with Crippen LogP contribution in [-0.2, 0) is 19.1 Å². The molecule has 2 atom stereocenters. The Labute approximate surface area is 182 Å². The number of carbonyl (C=O) groups excluding carboxylic acids is 2. The van der Waals surface area contributed by atoms with Crippen LogP contribution in [0.2, 0.25) is 0 Å². The van der Waals surface area contributed by atoms with Crippen molar-refractivity contribution in [2.45, 2.75) is 47.5 Å². The highest BCUT2D eigenvalue weighted by Crippen LogP contribution is 2.43. The summed E-state index contributed by atoms with van der Waals surface area (Å²) >= 11 is 0. The van der Waals surface area contributed by atoms with Gasteiger partial charge in [-0.15, -0.1) is 0 Å². The van der Waals surface area contributed by atoms with Gasteiger partial charge in [-0.2, -0.15) is 0 Å². The third-order valence-electron chi connectivity index (χ3n) is 4.88. The normalized spacial score (nSPS) is 18.8. The minimum Gasteiger partial charge on any atom is -0.465 e. The third-order valence-corrected chi connectivity index (χ3v) is 4.88. The number of carbonyl (C=O) groups is 2. The maximum Gasteiger partial charge on any atom is 0.336 e. The van der Waals surface area contributed by atoms with E-state index in [0.717, 1.165) is 0 Å². The molecule has 1 aromatic carbocycles. The van der Waals surface area contributed by atoms with Gasteiger partial charge in [-0.25, -0.2) is 4.79 Å². The molecule has 0 radical (unpaired) electrons. The number of ether oxygens (including phenoxy) is 2. The molecule has 8 nitrogen and oxygen atoms in total. The molecule has 0 aromatic heterocycles. The molecule has 0 spiro atoms. The summed E-state index contributed by atoms with van der Waals surface area (Å²) in [5.74, 6) is -2.88. The number of nitrogens with zero attached hydrogens (tertiary/aromatic N) is 2. The Balaban J connectivity index is 2.63. The molecule has 2 unspecified atom stereocenters. The van der Waals surface area contributed by atoms with Gasteiger partial charge in [0.1, 0.15) is 5.92 Å². The first-order chi connectivity index (χ1) is 14.5. The summed E-state index contributed by atoms with van der Waals surface area (Å²) < 4.78 is 10.9. The topological polar surface area (TPSA) is 108 Å². The molecule has 1 aliphatic rings. The lowest BCUT2D eigenvalue weighted by Gasteiger charge is -2.31. The number of para-hydroxylation sites is 1. The molecule has 0 bridgehead atoms. The Morgan fingerprint density at radius 1 is 1.06 bits per heavy atom. The number of nitro groups is 1. The molecule has 0 aliphatic carbocycles. The summed E-state index contributed by atoms with van der Waals surface area (Å²) in [6.45, 7) is 11.3. The lowest BCUT2D eigenvalue weighted by molar-refractivity contribution is -0.385. The Morgan fingerprint density at radius 2 is 1.65 bits per heavy atom. The Kier molecular flexibility index (Phi) is 8.08. The summed E-state index contributed by atoms with van der Waals surface area (Å²) in [7, 11) is 0. The van der Waals surface area contributed by atoms with Gasteiger partial charge >= 0.3 is 11.9 Å². The maximum absolute atomic E-state index is 13.1. The number of nitro benzene ring substituents is 1. The fraction of sp³-hybridized carbons (Fsp3) is 0.522. The fourth-order valence-electron chi connectivity index (χ4n) is 3.52. The number of aliphatic imine (C=N–C) groups is 1. The minimum atomic E-state index is -0.967. The van der Waals surface area contributed by atoms with E-state index in [9.17, 15) is 19.7 Å². The highest BCUT2D eigenvalue weighted by atomic mass is 16.6. The predicted octanol–water partition coefficient (Wildman–Crippen LogP) is 4.44. The van der Waals surface area contributed by atoms with Crippen molar-refractivity contribution in [3.05, 3.63) is 51.2 Å². The summed E-state index contributed by atoms with van der Waals surface area (Å²) in [4.78, 5) is 41.8. The smallest absolute Gasteiger partial charge is 0.336 e. The van der Waals surface area contributed by atoms with Crippen LogP contribution in [0.3, 0.4) is 0 Å². The largest absolute Gasteiger partial charge is 0.465 e. The average molecular weight is 431 g/mol. The zero-order valence-corrected chi connectivity index (χ0v) is 18.9. The average Bonchev–Trinajstić information content (AvgIpc) is 2.69. The molecule has 168 valence electrons. The summed E-state index contributed by atoms with van der Waals surface area (Å²) in [6, 6.07) is 6.11. The van der Waals surface area contributed by atoms with Crippen LogP contribution >= 0.6 is 0 Å². The molecule has 0 saturated carbocycles. The number of hydrogen-bond donors (Lipinski definition) is 0. The Morgan fingerprint density at radius 3 is 2.23 bits per heavy atom. The third kappa shape index (κ3) is 5.77. The van der Waals surface area contributed by atoms with Crippen LogP contribution in [0.15, 0.2) is 40.5 Å². The second-order valence-corrected chi connectivity index (χ2v) is 8.54. The Bertz CT molecular complexity index is 916. The predicted molar refractivity (Wildman–Crippen MR) is 117 cm³/mol. The van der Waals surface area contributed by atoms with Crippen molar-refractivity contribution >= 4 is 23.3 Å². The molecule has 0 N–H and O–H groups in total. The highest BCUT2D eigenvalue weighted by Gasteiger charge is 2.44. The zero-order valence-electron chi connectivity index (χ0n) is 18.9. The number of esters is 2. The molecule has 0 saturated heterocycles. The molecule has 1 aliphatic heterocycles. The quantitative estimate of drug-likeness (QED) is 0.343. The number of allylic oxidation sites excluding steroid dienone is 1. The van der Waals surface area contributed by atoms with Crippen molar-refractivity contribution in [1.29, 1.82) is 0 Å². The van der Waals surface area contributed by atoms with E-state index < -0.39 is 28.7 Å². The molecule has 1 heterocycles. The van der Waals surface area contributed by atoms with Crippen LogP contribution in [0.1, 0.15) is 53.0 Å². The summed E-state index contributed by atoms with van der Waals surface area (Å²) in [5.41, 5.74) is 1.04. The van der Waals surface area contributed by atoms with E-state index in [2.05, 4.69) is 4.99 Å². The first-order valence-corrected chi connectivity index (χ1v) is 10.4. The van der Waals surface area contributed by atoms with Gasteiger partial charge in [0.25, 0.3) is 5.69 Å². The minimum absolute atomic E-state index is 0.106. The van der Waals surface area contributed by atoms with Gasteiger partial charge in [-0.3, -0.25) is 19.9 Å². The molecular weight excluding hydrogens is 400 g/mol. The molecule has 0 fully saturated rings. The van der Waals surface area contributed by atoms with E-state index >= 15 is 0 Å². The van der Waals surface area contributed by atoms with E-state index in [4.69, 9.17) is 9.47 Å². The highest BCUT2D eigenvalue weighted by molar-refractivity contribution is 6.07. The van der Waals surface area contributed by atoms with E-state index in [1.54, 1.807) is 32.0 Å². The number of hydrogen-bond acceptors (Lipinski definition) is 7. The molecule has 31 heavy (non-hydrogen) atoms. The molecule has 8 heteroatoms. The molecular formula is C23H30N2O6. The van der Waals surface area contributed by atoms with Crippen LogP contribution in [0.5, 0.6) is 0 Å². The Hall–Kier alpha value is -3.03. The lowest BCUT2D eigenvalue weighted by atomic mass is 9.75. The zero-order chi connectivity index (χ0) is 23.3. The van der Waals surface area contributed by atoms with Gasteiger partial charge in [0.2, 0.25) is 0 Å². The maximum atomic E-state index is 13.1. The van der Waals surface area contributed by atoms with Crippen molar-refractivity contribution < 1.29 is 24.0 Å². The van der Waals surface area contributed by atoms with E-state index in [0.29, 0.717) is 11.4 Å². The van der Waals surface area contributed by atoms with Crippen molar-refractivity contribution in [2.24, 2.45) is 22.7 Å². The SMILES string of the molecule is CC1=NC(C)=C(C(=O)OCC(C)C)C(c2ccccc2[N+](=O)[O-])C1C(=O)OCC(C)C. The standard InChI is InChI=1S/C23H30N2O6/c1-13(2)11-30-22(26)19-15(5)24-16(6)20(23(27)31-12-14(3)4)21(19)17-9-7-8-10-18(17)25(28)29/h7-10,13-14,19,21H,11-12H2,1-6H3. The lowest BCUT2D eigenvalue weighted by Crippen LogP contribution is -2.37. The second kappa shape index (κ2) is 10.3. The number of rotatable bonds is 8. The van der Waals surface area contributed by atoms with Gasteiger partial charge in [0.05, 0.1) is 23.7 Å². The van der Waals surface area contributed by atoms with Crippen molar-refractivity contribution in [3.8, 4) is 0 Å². The van der Waals surface area contributed by atoms with Crippen molar-refractivity contribution in [3.63, 3.8) is 0 Å². The van der Waals surface area contributed by atoms with Crippen LogP contribution in [0.25, 0.3) is 0 Å². The number of benzene rings is 1. The summed E-state index contributed by atoms with van der Waals surface area (Å²) in [6.07, 6.45) is 0. The molecule has 1 aromatic rings. The van der Waals surface area contributed by atoms with E-state index in [1.807, 2.05) is 27.7 Å². The van der Waals surface area contributed by atoms with Gasteiger partial charge in [-0.05, 0) is 25.7 Å². The monoisotopic (exact) mass is 430 g/mol. The van der Waals surface area contributed by atoms with Crippen molar-refractivity contribution in [2.75, 3.05) is 13.2 Å². The van der Waals surface area contributed by atoms with Crippen molar-refractivity contribution in [1.82, 2.24) is 0 Å². The first kappa shape index (κ1) is 24.2. The van der Waals surface area contributed by atoms with Crippen LogP contribution < -0.4 is 0 Å². The van der Waals surface area contributed by atoms with Crippen LogP contribution in [0, 0.1) is 27.9 Å². The van der Waals surface area contributed by atoms with Gasteiger partial charge in [-0.1, -0.05) is 45.9 Å².